The zero-order valence-electron chi connectivity index (χ0n) is 8.60. The molecule has 0 amide bonds. The number of ketones is 1. The Morgan fingerprint density at radius 1 is 1.54 bits per heavy atom. The highest BCUT2D eigenvalue weighted by molar-refractivity contribution is 5.78. The van der Waals surface area contributed by atoms with Crippen LogP contribution < -0.4 is 10.6 Å². The van der Waals surface area contributed by atoms with Crippen LogP contribution >= 0.6 is 0 Å². The van der Waals surface area contributed by atoms with Gasteiger partial charge in [-0.15, -0.1) is 0 Å². The molecule has 1 aliphatic rings. The highest BCUT2D eigenvalue weighted by Gasteiger charge is 2.22. The van der Waals surface area contributed by atoms with Crippen molar-refractivity contribution in [2.45, 2.75) is 39.3 Å². The first-order valence-electron chi connectivity index (χ1n) is 5.21. The molecule has 3 heteroatoms. The quantitative estimate of drug-likeness (QED) is 0.682. The number of carbonyl (C=O) groups is 1. The molecule has 0 aromatic carbocycles. The molecule has 0 aromatic heterocycles. The van der Waals surface area contributed by atoms with Gasteiger partial charge in [0.05, 0.1) is 6.17 Å². The maximum Gasteiger partial charge on any atom is 0.134 e. The fourth-order valence-corrected chi connectivity index (χ4v) is 1.70. The molecule has 76 valence electrons. The molecule has 2 atom stereocenters. The van der Waals surface area contributed by atoms with Crippen molar-refractivity contribution in [2.24, 2.45) is 5.92 Å². The van der Waals surface area contributed by atoms with E-state index in [1.807, 2.05) is 0 Å². The van der Waals surface area contributed by atoms with Gasteiger partial charge < -0.3 is 10.6 Å². The summed E-state index contributed by atoms with van der Waals surface area (Å²) < 4.78 is 0. The summed E-state index contributed by atoms with van der Waals surface area (Å²) in [6.07, 6.45) is 3.69. The van der Waals surface area contributed by atoms with E-state index >= 15 is 0 Å². The Labute approximate surface area is 80.3 Å². The van der Waals surface area contributed by atoms with Crippen LogP contribution in [0.2, 0.25) is 0 Å². The van der Waals surface area contributed by atoms with Gasteiger partial charge in [0, 0.05) is 12.5 Å². The van der Waals surface area contributed by atoms with Crippen molar-refractivity contribution >= 4 is 5.78 Å². The van der Waals surface area contributed by atoms with E-state index in [4.69, 9.17) is 0 Å². The first-order chi connectivity index (χ1) is 6.24. The van der Waals surface area contributed by atoms with Gasteiger partial charge in [0.15, 0.2) is 0 Å². The molecular formula is C10H20N2O. The molecule has 2 N–H and O–H groups in total. The van der Waals surface area contributed by atoms with Crippen LogP contribution in [0.3, 0.4) is 0 Å². The highest BCUT2D eigenvalue weighted by atomic mass is 16.1. The minimum absolute atomic E-state index is 0.250. The van der Waals surface area contributed by atoms with Crippen LogP contribution in [0.15, 0.2) is 0 Å². The van der Waals surface area contributed by atoms with Crippen molar-refractivity contribution in [1.29, 1.82) is 0 Å². The van der Waals surface area contributed by atoms with Gasteiger partial charge in [0.2, 0.25) is 0 Å². The number of rotatable bonds is 4. The lowest BCUT2D eigenvalue weighted by Crippen LogP contribution is -2.49. The third-order valence-corrected chi connectivity index (χ3v) is 2.63. The molecule has 2 unspecified atom stereocenters. The number of nitrogens with one attached hydrogen (secondary N) is 2. The van der Waals surface area contributed by atoms with Crippen LogP contribution in [0.1, 0.15) is 33.1 Å². The smallest absolute Gasteiger partial charge is 0.134 e. The van der Waals surface area contributed by atoms with Crippen LogP contribution in [0.5, 0.6) is 0 Å². The van der Waals surface area contributed by atoms with Gasteiger partial charge in [-0.2, -0.15) is 0 Å². The van der Waals surface area contributed by atoms with Crippen molar-refractivity contribution in [3.05, 3.63) is 0 Å². The molecule has 1 rings (SSSR count). The lowest BCUT2D eigenvalue weighted by molar-refractivity contribution is -0.121. The molecule has 0 spiro atoms. The Hall–Kier alpha value is -0.410. The Morgan fingerprint density at radius 2 is 2.31 bits per heavy atom. The highest BCUT2D eigenvalue weighted by Crippen LogP contribution is 2.13. The summed E-state index contributed by atoms with van der Waals surface area (Å²) in [5, 5.41) is 6.76. The van der Waals surface area contributed by atoms with E-state index in [0.29, 0.717) is 11.9 Å². The zero-order valence-corrected chi connectivity index (χ0v) is 8.60. The molecule has 0 aliphatic carbocycles. The predicted molar refractivity (Wildman–Crippen MR) is 53.5 cm³/mol. The molecule has 1 saturated heterocycles. The third-order valence-electron chi connectivity index (χ3n) is 2.63. The fourth-order valence-electron chi connectivity index (χ4n) is 1.70. The Morgan fingerprint density at radius 3 is 2.77 bits per heavy atom. The molecule has 1 heterocycles. The molecule has 0 aromatic rings. The topological polar surface area (TPSA) is 41.1 Å². The molecule has 13 heavy (non-hydrogen) atoms. The van der Waals surface area contributed by atoms with Crippen LogP contribution in [-0.2, 0) is 4.79 Å². The molecule has 0 bridgehead atoms. The minimum atomic E-state index is 0.250. The van der Waals surface area contributed by atoms with E-state index in [0.717, 1.165) is 32.4 Å². The van der Waals surface area contributed by atoms with Gasteiger partial charge in [-0.3, -0.25) is 4.79 Å². The molecule has 1 fully saturated rings. The number of carbonyl (C=O) groups excluding carboxylic acids is 1. The standard InChI is InChI=1S/C10H20N2O/c1-3-6-11-10-5-4-9(7-12-10)8(2)13/h9-12H,3-7H2,1-2H3. The minimum Gasteiger partial charge on any atom is -0.302 e. The molecular weight excluding hydrogens is 164 g/mol. The summed E-state index contributed by atoms with van der Waals surface area (Å²) in [5.41, 5.74) is 0. The lowest BCUT2D eigenvalue weighted by atomic mass is 9.94. The zero-order chi connectivity index (χ0) is 9.68. The Bertz CT molecular complexity index is 162. The summed E-state index contributed by atoms with van der Waals surface area (Å²) in [7, 11) is 0. The number of Topliss-reactive ketones (excluding diaryl/α,β-unsaturated/α-hetero) is 1. The SMILES string of the molecule is CCCNC1CCC(C(C)=O)CN1. The average molecular weight is 184 g/mol. The second-order valence-corrected chi connectivity index (χ2v) is 3.80. The summed E-state index contributed by atoms with van der Waals surface area (Å²) in [6, 6.07) is 0. The van der Waals surface area contributed by atoms with Crippen molar-refractivity contribution in [3.63, 3.8) is 0 Å². The van der Waals surface area contributed by atoms with Gasteiger partial charge in [-0.05, 0) is 32.7 Å². The average Bonchev–Trinajstić information content (AvgIpc) is 2.15. The maximum absolute atomic E-state index is 11.1. The van der Waals surface area contributed by atoms with Gasteiger partial charge in [-0.25, -0.2) is 0 Å². The van der Waals surface area contributed by atoms with E-state index in [2.05, 4.69) is 17.6 Å². The van der Waals surface area contributed by atoms with Crippen LogP contribution in [0.25, 0.3) is 0 Å². The molecule has 1 aliphatic heterocycles. The third kappa shape index (κ3) is 3.44. The second-order valence-electron chi connectivity index (χ2n) is 3.80. The summed E-state index contributed by atoms with van der Waals surface area (Å²) in [4.78, 5) is 11.1. The van der Waals surface area contributed by atoms with Crippen LogP contribution in [0, 0.1) is 5.92 Å². The second kappa shape index (κ2) is 5.35. The summed E-state index contributed by atoms with van der Waals surface area (Å²) in [6.45, 7) is 5.75. The van der Waals surface area contributed by atoms with Gasteiger partial charge in [0.25, 0.3) is 0 Å². The van der Waals surface area contributed by atoms with E-state index in [1.165, 1.54) is 0 Å². The summed E-state index contributed by atoms with van der Waals surface area (Å²) >= 11 is 0. The van der Waals surface area contributed by atoms with Gasteiger partial charge in [-0.1, -0.05) is 6.92 Å². The number of piperidine rings is 1. The molecule has 0 saturated carbocycles. The van der Waals surface area contributed by atoms with Crippen molar-refractivity contribution in [1.82, 2.24) is 10.6 Å². The first-order valence-corrected chi connectivity index (χ1v) is 5.21. The normalized spacial score (nSPS) is 28.8. The van der Waals surface area contributed by atoms with Crippen LogP contribution in [0.4, 0.5) is 0 Å². The van der Waals surface area contributed by atoms with E-state index < -0.39 is 0 Å². The predicted octanol–water partition coefficient (Wildman–Crippen LogP) is 0.901. The first kappa shape index (κ1) is 10.7. The Kier molecular flexibility index (Phi) is 4.39. The number of hydrogen-bond acceptors (Lipinski definition) is 3. The van der Waals surface area contributed by atoms with Gasteiger partial charge in [0.1, 0.15) is 5.78 Å². The fraction of sp³-hybridized carbons (Fsp3) is 0.900. The van der Waals surface area contributed by atoms with E-state index in [-0.39, 0.29) is 5.92 Å². The number of hydrogen-bond donors (Lipinski definition) is 2. The van der Waals surface area contributed by atoms with E-state index in [1.54, 1.807) is 6.92 Å². The van der Waals surface area contributed by atoms with Crippen molar-refractivity contribution in [3.8, 4) is 0 Å². The van der Waals surface area contributed by atoms with Crippen molar-refractivity contribution < 1.29 is 4.79 Å². The van der Waals surface area contributed by atoms with Crippen LogP contribution in [-0.4, -0.2) is 25.0 Å². The monoisotopic (exact) mass is 184 g/mol. The maximum atomic E-state index is 11.1. The lowest BCUT2D eigenvalue weighted by Gasteiger charge is -2.29. The van der Waals surface area contributed by atoms with Gasteiger partial charge >= 0.3 is 0 Å². The summed E-state index contributed by atoms with van der Waals surface area (Å²) in [5.74, 6) is 0.570. The molecule has 3 nitrogen and oxygen atoms in total. The van der Waals surface area contributed by atoms with E-state index in [9.17, 15) is 4.79 Å². The largest absolute Gasteiger partial charge is 0.302 e. The molecule has 0 radical (unpaired) electrons. The Balaban J connectivity index is 2.18. The van der Waals surface area contributed by atoms with Crippen molar-refractivity contribution in [2.75, 3.05) is 13.1 Å².